The van der Waals surface area contributed by atoms with Gasteiger partial charge in [0, 0.05) is 11.1 Å². The number of rotatable bonds is 9. The van der Waals surface area contributed by atoms with Crippen molar-refractivity contribution in [3.05, 3.63) is 95.6 Å². The molecule has 0 N–H and O–H groups in total. The van der Waals surface area contributed by atoms with Crippen molar-refractivity contribution < 1.29 is 0 Å². The van der Waals surface area contributed by atoms with Gasteiger partial charge < -0.3 is 0 Å². The first-order valence-corrected chi connectivity index (χ1v) is 12.2. The molecule has 0 bridgehead atoms. The molecule has 0 unspecified atom stereocenters. The Morgan fingerprint density at radius 3 is 1.77 bits per heavy atom. The Balaban J connectivity index is 1.42. The van der Waals surface area contributed by atoms with Gasteiger partial charge in [0.1, 0.15) is 0 Å². The number of hydrogen-bond acceptors (Lipinski definition) is 0. The second kappa shape index (κ2) is 13.0. The molecule has 1 saturated carbocycles. The lowest BCUT2D eigenvalue weighted by Gasteiger charge is -2.28. The maximum atomic E-state index is 3.79. The smallest absolute Gasteiger partial charge is 0.0249 e. The van der Waals surface area contributed by atoms with Gasteiger partial charge in [0.25, 0.3) is 0 Å². The van der Waals surface area contributed by atoms with Crippen LogP contribution in [-0.4, -0.2) is 0 Å². The van der Waals surface area contributed by atoms with E-state index in [1.165, 1.54) is 62.5 Å². The molecule has 1 aliphatic carbocycles. The molecule has 0 nitrogen and oxygen atoms in total. The normalized spacial score (nSPS) is 18.5. The lowest BCUT2D eigenvalue weighted by molar-refractivity contribution is 0.254. The molecule has 0 saturated heterocycles. The highest BCUT2D eigenvalue weighted by Crippen LogP contribution is 2.34. The maximum absolute atomic E-state index is 3.79. The molecule has 0 heteroatoms. The average Bonchev–Trinajstić information content (AvgIpc) is 2.82. The fraction of sp³-hybridized carbons (Fsp3) is 0.419. The van der Waals surface area contributed by atoms with Crippen LogP contribution in [0, 0.1) is 23.7 Å². The minimum Gasteiger partial charge on any atom is -0.103 e. The molecule has 162 valence electrons. The van der Waals surface area contributed by atoms with Gasteiger partial charge >= 0.3 is 0 Å². The van der Waals surface area contributed by atoms with Gasteiger partial charge in [-0.3, -0.25) is 0 Å². The van der Waals surface area contributed by atoms with E-state index in [9.17, 15) is 0 Å². The van der Waals surface area contributed by atoms with Crippen LogP contribution in [-0.2, 0) is 12.8 Å². The van der Waals surface area contributed by atoms with E-state index in [2.05, 4.69) is 86.0 Å². The van der Waals surface area contributed by atoms with Crippen LogP contribution in [0.15, 0.2) is 73.3 Å². The molecule has 3 rings (SSSR count). The molecule has 0 radical (unpaired) electrons. The summed E-state index contributed by atoms with van der Waals surface area (Å²) in [6.45, 7) is 5.91. The second-order valence-corrected chi connectivity index (χ2v) is 9.04. The summed E-state index contributed by atoms with van der Waals surface area (Å²) in [5.41, 5.74) is 4.97. The SMILES string of the molecule is C=CCCc1ccc(C#Cc2ccc(CCC3CCC(CC/C=C/C)CC3)cc2)cc1. The van der Waals surface area contributed by atoms with Crippen LogP contribution in [0.3, 0.4) is 0 Å². The van der Waals surface area contributed by atoms with Crippen molar-refractivity contribution in [1.29, 1.82) is 0 Å². The van der Waals surface area contributed by atoms with E-state index in [-0.39, 0.29) is 0 Å². The van der Waals surface area contributed by atoms with Crippen LogP contribution < -0.4 is 0 Å². The quantitative estimate of drug-likeness (QED) is 0.288. The van der Waals surface area contributed by atoms with Crippen molar-refractivity contribution in [2.75, 3.05) is 0 Å². The largest absolute Gasteiger partial charge is 0.103 e. The molecule has 1 fully saturated rings. The van der Waals surface area contributed by atoms with E-state index in [0.29, 0.717) is 0 Å². The van der Waals surface area contributed by atoms with Crippen molar-refractivity contribution >= 4 is 0 Å². The van der Waals surface area contributed by atoms with Gasteiger partial charge in [0.05, 0.1) is 0 Å². The molecular weight excluding hydrogens is 372 g/mol. The average molecular weight is 411 g/mol. The number of aryl methyl sites for hydroxylation is 2. The lowest BCUT2D eigenvalue weighted by atomic mass is 9.78. The predicted molar refractivity (Wildman–Crippen MR) is 135 cm³/mol. The fourth-order valence-electron chi connectivity index (χ4n) is 4.60. The fourth-order valence-corrected chi connectivity index (χ4v) is 4.60. The summed E-state index contributed by atoms with van der Waals surface area (Å²) in [5.74, 6) is 8.50. The Morgan fingerprint density at radius 1 is 0.742 bits per heavy atom. The van der Waals surface area contributed by atoms with E-state index >= 15 is 0 Å². The third kappa shape index (κ3) is 8.26. The summed E-state index contributed by atoms with van der Waals surface area (Å²) in [4.78, 5) is 0. The van der Waals surface area contributed by atoms with Crippen LogP contribution in [0.5, 0.6) is 0 Å². The zero-order valence-electron chi connectivity index (χ0n) is 19.3. The van der Waals surface area contributed by atoms with Crippen molar-refractivity contribution in [3.8, 4) is 11.8 Å². The van der Waals surface area contributed by atoms with Gasteiger partial charge in [-0.15, -0.1) is 6.58 Å². The summed E-state index contributed by atoms with van der Waals surface area (Å²) in [5, 5.41) is 0. The summed E-state index contributed by atoms with van der Waals surface area (Å²) >= 11 is 0. The molecule has 0 atom stereocenters. The van der Waals surface area contributed by atoms with Gasteiger partial charge in [-0.2, -0.15) is 0 Å². The van der Waals surface area contributed by atoms with E-state index in [0.717, 1.165) is 35.8 Å². The van der Waals surface area contributed by atoms with Crippen LogP contribution >= 0.6 is 0 Å². The Labute approximate surface area is 190 Å². The van der Waals surface area contributed by atoms with Gasteiger partial charge in [-0.05, 0) is 92.7 Å². The number of hydrogen-bond donors (Lipinski definition) is 0. The first-order chi connectivity index (χ1) is 15.3. The molecule has 0 heterocycles. The van der Waals surface area contributed by atoms with Gasteiger partial charge in [0.15, 0.2) is 0 Å². The molecule has 0 aliphatic heterocycles. The van der Waals surface area contributed by atoms with E-state index in [4.69, 9.17) is 0 Å². The Kier molecular flexibility index (Phi) is 9.72. The minimum atomic E-state index is 0.923. The number of allylic oxidation sites excluding steroid dienone is 3. The van der Waals surface area contributed by atoms with E-state index in [1.54, 1.807) is 0 Å². The molecular formula is C31H38. The summed E-state index contributed by atoms with van der Waals surface area (Å²) in [7, 11) is 0. The van der Waals surface area contributed by atoms with Crippen molar-refractivity contribution in [2.45, 2.75) is 71.1 Å². The summed E-state index contributed by atoms with van der Waals surface area (Å²) in [6, 6.07) is 17.5. The zero-order chi connectivity index (χ0) is 21.7. The Hall–Kier alpha value is -2.52. The van der Waals surface area contributed by atoms with Crippen LogP contribution in [0.4, 0.5) is 0 Å². The minimum absolute atomic E-state index is 0.923. The first kappa shape index (κ1) is 23.1. The Bertz CT molecular complexity index is 862. The third-order valence-corrected chi connectivity index (χ3v) is 6.68. The summed E-state index contributed by atoms with van der Waals surface area (Å²) < 4.78 is 0. The standard InChI is InChI=1S/C31H38/c1-3-5-7-9-27-12-16-29(17-13-27)19-21-31-24-22-30(23-25-31)20-18-28-14-10-26(11-15-28)8-6-4-2/h3-5,10-11,14-15,22-25,27,29H,2,6-9,12-13,16-17,19,21H2,1H3/b5-3+. The summed E-state index contributed by atoms with van der Waals surface area (Å²) in [6.07, 6.45) is 19.5. The predicted octanol–water partition coefficient (Wildman–Crippen LogP) is 8.30. The topological polar surface area (TPSA) is 0 Å². The van der Waals surface area contributed by atoms with Crippen molar-refractivity contribution in [3.63, 3.8) is 0 Å². The maximum Gasteiger partial charge on any atom is 0.0249 e. The highest BCUT2D eigenvalue weighted by atomic mass is 14.3. The highest BCUT2D eigenvalue weighted by Gasteiger charge is 2.20. The van der Waals surface area contributed by atoms with Crippen LogP contribution in [0.1, 0.15) is 80.5 Å². The van der Waals surface area contributed by atoms with Gasteiger partial charge in [-0.25, -0.2) is 0 Å². The molecule has 31 heavy (non-hydrogen) atoms. The van der Waals surface area contributed by atoms with Gasteiger partial charge in [-0.1, -0.05) is 80.0 Å². The molecule has 2 aromatic carbocycles. The molecule has 0 spiro atoms. The van der Waals surface area contributed by atoms with Gasteiger partial charge in [0.2, 0.25) is 0 Å². The van der Waals surface area contributed by atoms with Crippen LogP contribution in [0.25, 0.3) is 0 Å². The lowest BCUT2D eigenvalue weighted by Crippen LogP contribution is -2.15. The highest BCUT2D eigenvalue weighted by molar-refractivity contribution is 5.44. The van der Waals surface area contributed by atoms with Crippen molar-refractivity contribution in [2.24, 2.45) is 11.8 Å². The Morgan fingerprint density at radius 2 is 1.26 bits per heavy atom. The molecule has 2 aromatic rings. The molecule has 0 amide bonds. The van der Waals surface area contributed by atoms with E-state index < -0.39 is 0 Å². The zero-order valence-corrected chi connectivity index (χ0v) is 19.3. The first-order valence-electron chi connectivity index (χ1n) is 12.2. The second-order valence-electron chi connectivity index (χ2n) is 9.04. The monoisotopic (exact) mass is 410 g/mol. The number of benzene rings is 2. The van der Waals surface area contributed by atoms with E-state index in [1.807, 2.05) is 6.08 Å². The third-order valence-electron chi connectivity index (χ3n) is 6.68. The van der Waals surface area contributed by atoms with Crippen molar-refractivity contribution in [1.82, 2.24) is 0 Å². The molecule has 0 aromatic heterocycles. The van der Waals surface area contributed by atoms with Crippen LogP contribution in [0.2, 0.25) is 0 Å². The molecule has 1 aliphatic rings.